The van der Waals surface area contributed by atoms with Gasteiger partial charge in [0.15, 0.2) is 11.9 Å². The number of hydrogen-bond donors (Lipinski definition) is 3. The molecule has 6 atom stereocenters. The number of carbonyl (C=O) groups is 2. The number of esters is 1. The van der Waals surface area contributed by atoms with Crippen LogP contribution in [0, 0.1) is 16.7 Å². The fraction of sp³-hybridized carbons (Fsp3) is 0.867. The number of aliphatic hydroxyl groups excluding tert-OH is 1. The fourth-order valence-corrected chi connectivity index (χ4v) is 4.94. The molecule has 118 valence electrons. The molecule has 3 N–H and O–H groups in total. The molecule has 6 heteroatoms. The molecule has 0 aromatic carbocycles. The Morgan fingerprint density at radius 1 is 1.24 bits per heavy atom. The highest BCUT2D eigenvalue weighted by Crippen LogP contribution is 2.68. The SMILES string of the molecule is C[C@@H]1CC[C@]2(O)[C@]3(C)COC(=O)C(O)[C@]12CC(=O)[C@]3(C)O. The van der Waals surface area contributed by atoms with Crippen molar-refractivity contribution in [3.63, 3.8) is 0 Å². The van der Waals surface area contributed by atoms with Crippen molar-refractivity contribution in [3.05, 3.63) is 0 Å². The molecule has 3 rings (SSSR count). The summed E-state index contributed by atoms with van der Waals surface area (Å²) in [7, 11) is 0. The molecule has 1 aliphatic heterocycles. The minimum Gasteiger partial charge on any atom is -0.463 e. The molecule has 3 fully saturated rings. The van der Waals surface area contributed by atoms with E-state index in [0.29, 0.717) is 12.8 Å². The molecule has 0 amide bonds. The lowest BCUT2D eigenvalue weighted by Gasteiger charge is -2.60. The van der Waals surface area contributed by atoms with Gasteiger partial charge in [-0.25, -0.2) is 4.79 Å². The molecule has 2 aliphatic carbocycles. The third-order valence-electron chi connectivity index (χ3n) is 6.79. The van der Waals surface area contributed by atoms with Crippen LogP contribution in [-0.4, -0.2) is 51.0 Å². The summed E-state index contributed by atoms with van der Waals surface area (Å²) < 4.78 is 5.10. The van der Waals surface area contributed by atoms with Gasteiger partial charge in [0.2, 0.25) is 0 Å². The number of hydrogen-bond acceptors (Lipinski definition) is 6. The van der Waals surface area contributed by atoms with Gasteiger partial charge in [-0.1, -0.05) is 13.8 Å². The van der Waals surface area contributed by atoms with Crippen LogP contribution < -0.4 is 0 Å². The van der Waals surface area contributed by atoms with E-state index in [4.69, 9.17) is 4.74 Å². The molecule has 21 heavy (non-hydrogen) atoms. The molecule has 2 saturated carbocycles. The van der Waals surface area contributed by atoms with Gasteiger partial charge in [0, 0.05) is 11.8 Å². The van der Waals surface area contributed by atoms with Crippen molar-refractivity contribution < 1.29 is 29.6 Å². The molecule has 0 spiro atoms. The molecule has 6 nitrogen and oxygen atoms in total. The summed E-state index contributed by atoms with van der Waals surface area (Å²) in [6.07, 6.45) is -0.868. The Morgan fingerprint density at radius 2 is 1.86 bits per heavy atom. The number of ether oxygens (including phenoxy) is 1. The largest absolute Gasteiger partial charge is 0.463 e. The Balaban J connectivity index is 2.33. The second-order valence-corrected chi connectivity index (χ2v) is 7.35. The van der Waals surface area contributed by atoms with Gasteiger partial charge in [0.25, 0.3) is 0 Å². The van der Waals surface area contributed by atoms with Crippen LogP contribution in [0.4, 0.5) is 0 Å². The van der Waals surface area contributed by atoms with Crippen LogP contribution in [0.1, 0.15) is 40.0 Å². The van der Waals surface area contributed by atoms with E-state index in [0.717, 1.165) is 0 Å². The minimum absolute atomic E-state index is 0.219. The maximum atomic E-state index is 12.5. The molecule has 1 saturated heterocycles. The molecule has 3 aliphatic rings. The lowest BCUT2D eigenvalue weighted by atomic mass is 9.45. The predicted octanol–water partition coefficient (Wildman–Crippen LogP) is -0.218. The van der Waals surface area contributed by atoms with Crippen molar-refractivity contribution in [2.75, 3.05) is 6.61 Å². The monoisotopic (exact) mass is 298 g/mol. The second kappa shape index (κ2) is 3.86. The van der Waals surface area contributed by atoms with Crippen molar-refractivity contribution in [2.45, 2.75) is 57.3 Å². The van der Waals surface area contributed by atoms with Crippen molar-refractivity contribution in [1.29, 1.82) is 0 Å². The maximum Gasteiger partial charge on any atom is 0.335 e. The number of aliphatic hydroxyl groups is 3. The van der Waals surface area contributed by atoms with Gasteiger partial charge in [-0.05, 0) is 25.7 Å². The van der Waals surface area contributed by atoms with E-state index in [1.54, 1.807) is 6.92 Å². The summed E-state index contributed by atoms with van der Waals surface area (Å²) in [6, 6.07) is 0. The normalized spacial score (nSPS) is 56.7. The first-order valence-corrected chi connectivity index (χ1v) is 7.37. The number of rotatable bonds is 0. The lowest BCUT2D eigenvalue weighted by molar-refractivity contribution is -0.261. The Bertz CT molecular complexity index is 528. The Kier molecular flexibility index (Phi) is 2.74. The molecular formula is C15H22O6. The molecular weight excluding hydrogens is 276 g/mol. The van der Waals surface area contributed by atoms with Crippen LogP contribution in [0.2, 0.25) is 0 Å². The average molecular weight is 298 g/mol. The highest BCUT2D eigenvalue weighted by molar-refractivity contribution is 5.92. The van der Waals surface area contributed by atoms with E-state index in [2.05, 4.69) is 0 Å². The van der Waals surface area contributed by atoms with Crippen LogP contribution in [0.25, 0.3) is 0 Å². The lowest BCUT2D eigenvalue weighted by Crippen LogP contribution is -2.75. The third-order valence-corrected chi connectivity index (χ3v) is 6.79. The third kappa shape index (κ3) is 1.30. The standard InChI is InChI=1S/C15H22O6/c1-8-4-5-15(20)12(2)7-21-11(18)10(17)14(8,15)6-9(16)13(12,3)19/h8,10,17,19-20H,4-7H2,1-3H3/t8-,10?,12-,13+,14+,15+/m1/s1. The van der Waals surface area contributed by atoms with E-state index in [1.807, 2.05) is 6.92 Å². The van der Waals surface area contributed by atoms with Gasteiger partial charge >= 0.3 is 5.97 Å². The van der Waals surface area contributed by atoms with Crippen LogP contribution in [-0.2, 0) is 14.3 Å². The summed E-state index contributed by atoms with van der Waals surface area (Å²) in [6.45, 7) is 4.48. The maximum absolute atomic E-state index is 12.5. The number of carbonyl (C=O) groups excluding carboxylic acids is 2. The summed E-state index contributed by atoms with van der Waals surface area (Å²) in [5, 5.41) is 32.7. The van der Waals surface area contributed by atoms with Gasteiger partial charge in [-0.3, -0.25) is 4.79 Å². The molecule has 0 aromatic rings. The quantitative estimate of drug-likeness (QED) is 0.534. The van der Waals surface area contributed by atoms with E-state index >= 15 is 0 Å². The van der Waals surface area contributed by atoms with Gasteiger partial charge < -0.3 is 20.1 Å². The summed E-state index contributed by atoms with van der Waals surface area (Å²) in [5.41, 5.74) is -5.95. The smallest absolute Gasteiger partial charge is 0.335 e. The van der Waals surface area contributed by atoms with Gasteiger partial charge in [-0.2, -0.15) is 0 Å². The average Bonchev–Trinajstić information content (AvgIpc) is 2.66. The Hall–Kier alpha value is -0.980. The van der Waals surface area contributed by atoms with Crippen LogP contribution in [0.15, 0.2) is 0 Å². The zero-order chi connectivity index (χ0) is 15.8. The van der Waals surface area contributed by atoms with Crippen molar-refractivity contribution in [3.8, 4) is 0 Å². The van der Waals surface area contributed by atoms with Crippen LogP contribution in [0.5, 0.6) is 0 Å². The van der Waals surface area contributed by atoms with E-state index in [9.17, 15) is 24.9 Å². The zero-order valence-electron chi connectivity index (χ0n) is 12.5. The summed E-state index contributed by atoms with van der Waals surface area (Å²) >= 11 is 0. The van der Waals surface area contributed by atoms with Crippen molar-refractivity contribution in [1.82, 2.24) is 0 Å². The van der Waals surface area contributed by atoms with Crippen molar-refractivity contribution >= 4 is 11.8 Å². The first-order chi connectivity index (χ1) is 9.54. The number of cyclic esters (lactones) is 1. The first-order valence-electron chi connectivity index (χ1n) is 7.37. The van der Waals surface area contributed by atoms with Crippen molar-refractivity contribution in [2.24, 2.45) is 16.7 Å². The molecule has 0 aromatic heterocycles. The number of ketones is 1. The van der Waals surface area contributed by atoms with Crippen LogP contribution >= 0.6 is 0 Å². The zero-order valence-corrected chi connectivity index (χ0v) is 12.5. The highest BCUT2D eigenvalue weighted by Gasteiger charge is 2.79. The van der Waals surface area contributed by atoms with Crippen LogP contribution in [0.3, 0.4) is 0 Å². The Labute approximate surface area is 123 Å². The van der Waals surface area contributed by atoms with E-state index in [1.165, 1.54) is 6.92 Å². The summed E-state index contributed by atoms with van der Waals surface area (Å²) in [4.78, 5) is 24.6. The fourth-order valence-electron chi connectivity index (χ4n) is 4.94. The second-order valence-electron chi connectivity index (χ2n) is 7.35. The van der Waals surface area contributed by atoms with Gasteiger partial charge in [0.1, 0.15) is 12.2 Å². The van der Waals surface area contributed by atoms with E-state index < -0.39 is 39.9 Å². The molecule has 2 bridgehead atoms. The molecule has 1 unspecified atom stereocenters. The Morgan fingerprint density at radius 3 is 2.48 bits per heavy atom. The molecule has 0 radical (unpaired) electrons. The molecule has 1 heterocycles. The van der Waals surface area contributed by atoms with Gasteiger partial charge in [-0.15, -0.1) is 0 Å². The number of Topliss-reactive ketones (excluding diaryl/α,β-unsaturated/α-hetero) is 1. The van der Waals surface area contributed by atoms with Gasteiger partial charge in [0.05, 0.1) is 11.0 Å². The topological polar surface area (TPSA) is 104 Å². The minimum atomic E-state index is -1.81. The predicted molar refractivity (Wildman–Crippen MR) is 71.1 cm³/mol. The summed E-state index contributed by atoms with van der Waals surface area (Å²) in [5.74, 6) is -1.50. The first kappa shape index (κ1) is 14.9. The highest BCUT2D eigenvalue weighted by atomic mass is 16.6. The van der Waals surface area contributed by atoms with E-state index in [-0.39, 0.29) is 18.9 Å².